The summed E-state index contributed by atoms with van der Waals surface area (Å²) >= 11 is 0. The average Bonchev–Trinajstić information content (AvgIpc) is 2.82. The first-order valence-electron chi connectivity index (χ1n) is 9.59. The summed E-state index contributed by atoms with van der Waals surface area (Å²) in [5.41, 5.74) is 2.26. The molecule has 31 heavy (non-hydrogen) atoms. The highest BCUT2D eigenvalue weighted by Gasteiger charge is 2.17. The van der Waals surface area contributed by atoms with Crippen LogP contribution in [0, 0.1) is 0 Å². The van der Waals surface area contributed by atoms with Crippen LogP contribution in [0.25, 0.3) is 0 Å². The molecule has 2 N–H and O–H groups in total. The molecular weight excluding hydrogens is 396 g/mol. The normalized spacial score (nSPS) is 10.2. The highest BCUT2D eigenvalue weighted by atomic mass is 16.5. The number of ether oxygens (including phenoxy) is 3. The van der Waals surface area contributed by atoms with Crippen molar-refractivity contribution in [2.75, 3.05) is 26.6 Å². The van der Waals surface area contributed by atoms with Crippen LogP contribution in [-0.2, 0) is 6.54 Å². The summed E-state index contributed by atoms with van der Waals surface area (Å²) in [4.78, 5) is 25.3. The summed E-state index contributed by atoms with van der Waals surface area (Å²) in [5.74, 6) is 0.551. The van der Waals surface area contributed by atoms with Crippen molar-refractivity contribution < 1.29 is 23.8 Å². The highest BCUT2D eigenvalue weighted by Crippen LogP contribution is 2.38. The maximum absolute atomic E-state index is 12.8. The summed E-state index contributed by atoms with van der Waals surface area (Å²) in [6.45, 7) is 0.418. The van der Waals surface area contributed by atoms with E-state index in [-0.39, 0.29) is 11.8 Å². The highest BCUT2D eigenvalue weighted by molar-refractivity contribution is 6.06. The van der Waals surface area contributed by atoms with E-state index in [2.05, 4.69) is 10.6 Å². The van der Waals surface area contributed by atoms with Gasteiger partial charge in [-0.1, -0.05) is 36.4 Å². The van der Waals surface area contributed by atoms with Gasteiger partial charge in [0.2, 0.25) is 5.75 Å². The van der Waals surface area contributed by atoms with Crippen molar-refractivity contribution in [2.45, 2.75) is 6.54 Å². The van der Waals surface area contributed by atoms with E-state index >= 15 is 0 Å². The van der Waals surface area contributed by atoms with Gasteiger partial charge in [0.25, 0.3) is 11.8 Å². The number of hydrogen-bond acceptors (Lipinski definition) is 5. The lowest BCUT2D eigenvalue weighted by atomic mass is 10.1. The number of benzene rings is 3. The molecule has 0 radical (unpaired) electrons. The van der Waals surface area contributed by atoms with Crippen LogP contribution >= 0.6 is 0 Å². The zero-order chi connectivity index (χ0) is 22.2. The van der Waals surface area contributed by atoms with Crippen molar-refractivity contribution in [1.29, 1.82) is 0 Å². The molecule has 7 heteroatoms. The third kappa shape index (κ3) is 5.33. The molecule has 3 aromatic rings. The molecule has 0 bridgehead atoms. The smallest absolute Gasteiger partial charge is 0.255 e. The number of methoxy groups -OCH3 is 3. The molecular formula is C24H24N2O5. The Bertz CT molecular complexity index is 1040. The summed E-state index contributed by atoms with van der Waals surface area (Å²) in [6, 6.07) is 19.5. The summed E-state index contributed by atoms with van der Waals surface area (Å²) in [6.07, 6.45) is 0. The van der Waals surface area contributed by atoms with Crippen LogP contribution in [-0.4, -0.2) is 33.1 Å². The Labute approximate surface area is 180 Å². The summed E-state index contributed by atoms with van der Waals surface area (Å²) in [7, 11) is 4.46. The van der Waals surface area contributed by atoms with Crippen molar-refractivity contribution >= 4 is 17.5 Å². The fraction of sp³-hybridized carbons (Fsp3) is 0.167. The van der Waals surface area contributed by atoms with Gasteiger partial charge in [-0.05, 0) is 35.9 Å². The molecule has 0 unspecified atom stereocenters. The summed E-state index contributed by atoms with van der Waals surface area (Å²) in [5, 5.41) is 5.67. The SMILES string of the molecule is COc1cc(C(=O)Nc2cccc(C(=O)NCc3ccccc3)c2)cc(OC)c1OC. The van der Waals surface area contributed by atoms with E-state index in [1.165, 1.54) is 21.3 Å². The van der Waals surface area contributed by atoms with Crippen molar-refractivity contribution in [3.05, 3.63) is 83.4 Å². The molecule has 0 fully saturated rings. The second kappa shape index (κ2) is 10.2. The van der Waals surface area contributed by atoms with Gasteiger partial charge < -0.3 is 24.8 Å². The van der Waals surface area contributed by atoms with E-state index in [0.29, 0.717) is 40.6 Å². The van der Waals surface area contributed by atoms with Gasteiger partial charge in [0.1, 0.15) is 0 Å². The largest absolute Gasteiger partial charge is 0.493 e. The van der Waals surface area contributed by atoms with Gasteiger partial charge in [0, 0.05) is 23.4 Å². The molecule has 3 aromatic carbocycles. The van der Waals surface area contributed by atoms with Crippen LogP contribution in [0.1, 0.15) is 26.3 Å². The van der Waals surface area contributed by atoms with Gasteiger partial charge in [0.05, 0.1) is 21.3 Å². The minimum absolute atomic E-state index is 0.229. The van der Waals surface area contributed by atoms with E-state index in [1.54, 1.807) is 36.4 Å². The quantitative estimate of drug-likeness (QED) is 0.577. The van der Waals surface area contributed by atoms with Crippen LogP contribution in [0.4, 0.5) is 5.69 Å². The zero-order valence-electron chi connectivity index (χ0n) is 17.6. The molecule has 2 amide bonds. The first kappa shape index (κ1) is 21.7. The Kier molecular flexibility index (Phi) is 7.11. The van der Waals surface area contributed by atoms with Crippen molar-refractivity contribution in [1.82, 2.24) is 5.32 Å². The minimum atomic E-state index is -0.374. The first-order valence-corrected chi connectivity index (χ1v) is 9.59. The number of rotatable bonds is 8. The predicted molar refractivity (Wildman–Crippen MR) is 118 cm³/mol. The van der Waals surface area contributed by atoms with Crippen molar-refractivity contribution in [2.24, 2.45) is 0 Å². The lowest BCUT2D eigenvalue weighted by molar-refractivity contribution is 0.0949. The molecule has 0 aliphatic rings. The Hall–Kier alpha value is -4.00. The van der Waals surface area contributed by atoms with E-state index in [9.17, 15) is 9.59 Å². The van der Waals surface area contributed by atoms with E-state index < -0.39 is 0 Å². The Morgan fingerprint density at radius 1 is 0.742 bits per heavy atom. The molecule has 0 aliphatic carbocycles. The number of nitrogens with one attached hydrogen (secondary N) is 2. The third-order valence-corrected chi connectivity index (χ3v) is 4.61. The van der Waals surface area contributed by atoms with E-state index in [1.807, 2.05) is 30.3 Å². The average molecular weight is 420 g/mol. The standard InChI is InChI=1S/C24H24N2O5/c1-29-20-13-18(14-21(30-2)22(20)31-3)24(28)26-19-11-7-10-17(12-19)23(27)25-15-16-8-5-4-6-9-16/h4-14H,15H2,1-3H3,(H,25,27)(H,26,28). The minimum Gasteiger partial charge on any atom is -0.493 e. The molecule has 0 aromatic heterocycles. The Morgan fingerprint density at radius 2 is 1.42 bits per heavy atom. The molecule has 0 saturated heterocycles. The molecule has 0 saturated carbocycles. The van der Waals surface area contributed by atoms with E-state index in [4.69, 9.17) is 14.2 Å². The van der Waals surface area contributed by atoms with Crippen LogP contribution in [0.3, 0.4) is 0 Å². The number of anilines is 1. The molecule has 160 valence electrons. The number of carbonyl (C=O) groups excluding carboxylic acids is 2. The van der Waals surface area contributed by atoms with Crippen LogP contribution in [0.2, 0.25) is 0 Å². The molecule has 0 heterocycles. The zero-order valence-corrected chi connectivity index (χ0v) is 17.6. The topological polar surface area (TPSA) is 85.9 Å². The third-order valence-electron chi connectivity index (χ3n) is 4.61. The van der Waals surface area contributed by atoms with Gasteiger partial charge in [0.15, 0.2) is 11.5 Å². The Morgan fingerprint density at radius 3 is 2.03 bits per heavy atom. The fourth-order valence-electron chi connectivity index (χ4n) is 3.03. The monoisotopic (exact) mass is 420 g/mol. The predicted octanol–water partition coefficient (Wildman–Crippen LogP) is 3.89. The second-order valence-corrected chi connectivity index (χ2v) is 6.62. The lowest BCUT2D eigenvalue weighted by Gasteiger charge is -2.14. The van der Waals surface area contributed by atoms with Gasteiger partial charge in [-0.3, -0.25) is 9.59 Å². The van der Waals surface area contributed by atoms with Crippen LogP contribution in [0.5, 0.6) is 17.2 Å². The fourth-order valence-corrected chi connectivity index (χ4v) is 3.03. The van der Waals surface area contributed by atoms with Gasteiger partial charge in [-0.15, -0.1) is 0 Å². The Balaban J connectivity index is 1.73. The summed E-state index contributed by atoms with van der Waals surface area (Å²) < 4.78 is 15.9. The molecule has 0 spiro atoms. The number of amides is 2. The molecule has 3 rings (SSSR count). The maximum atomic E-state index is 12.8. The van der Waals surface area contributed by atoms with Crippen molar-refractivity contribution in [3.8, 4) is 17.2 Å². The second-order valence-electron chi connectivity index (χ2n) is 6.62. The molecule has 0 aliphatic heterocycles. The van der Waals surface area contributed by atoms with Gasteiger partial charge in [-0.2, -0.15) is 0 Å². The van der Waals surface area contributed by atoms with Gasteiger partial charge >= 0.3 is 0 Å². The molecule has 7 nitrogen and oxygen atoms in total. The van der Waals surface area contributed by atoms with Crippen molar-refractivity contribution in [3.63, 3.8) is 0 Å². The number of hydrogen-bond donors (Lipinski definition) is 2. The van der Waals surface area contributed by atoms with Gasteiger partial charge in [-0.25, -0.2) is 0 Å². The van der Waals surface area contributed by atoms with Crippen LogP contribution in [0.15, 0.2) is 66.7 Å². The molecule has 0 atom stereocenters. The maximum Gasteiger partial charge on any atom is 0.255 e. The first-order chi connectivity index (χ1) is 15.0. The number of carbonyl (C=O) groups is 2. The lowest BCUT2D eigenvalue weighted by Crippen LogP contribution is -2.23. The van der Waals surface area contributed by atoms with Crippen LogP contribution < -0.4 is 24.8 Å². The van der Waals surface area contributed by atoms with E-state index in [0.717, 1.165) is 5.56 Å².